The van der Waals surface area contributed by atoms with E-state index in [2.05, 4.69) is 17.1 Å². The molecule has 1 saturated heterocycles. The summed E-state index contributed by atoms with van der Waals surface area (Å²) in [5.41, 5.74) is 1.19. The molecule has 4 nitrogen and oxygen atoms in total. The van der Waals surface area contributed by atoms with Gasteiger partial charge in [-0.15, -0.1) is 11.8 Å². The lowest BCUT2D eigenvalue weighted by atomic mass is 10.2. The monoisotopic (exact) mass is 279 g/mol. The quantitative estimate of drug-likeness (QED) is 0.748. The highest BCUT2D eigenvalue weighted by Crippen LogP contribution is 2.33. The Morgan fingerprint density at radius 1 is 1.32 bits per heavy atom. The molecule has 5 heteroatoms. The van der Waals surface area contributed by atoms with Gasteiger partial charge in [0, 0.05) is 12.9 Å². The first kappa shape index (κ1) is 13.1. The number of rotatable bonds is 6. The van der Waals surface area contributed by atoms with Crippen molar-refractivity contribution in [3.8, 4) is 0 Å². The molecule has 1 aromatic carbocycles. The van der Waals surface area contributed by atoms with E-state index in [0.717, 1.165) is 10.8 Å². The number of hydrogen-bond acceptors (Lipinski definition) is 5. The second-order valence-corrected chi connectivity index (χ2v) is 5.68. The zero-order valence-electron chi connectivity index (χ0n) is 10.8. The molecule has 3 unspecified atom stereocenters. The number of hydrogen-bond donors (Lipinski definition) is 0. The Morgan fingerprint density at radius 3 is 2.89 bits per heavy atom. The number of nitrogens with zero attached hydrogens (tertiary/aromatic N) is 1. The number of epoxide rings is 1. The summed E-state index contributed by atoms with van der Waals surface area (Å²) in [6.07, 6.45) is 0.0862. The van der Waals surface area contributed by atoms with E-state index in [9.17, 15) is 0 Å². The Balaban J connectivity index is 1.43. The molecule has 19 heavy (non-hydrogen) atoms. The van der Waals surface area contributed by atoms with Crippen molar-refractivity contribution in [2.75, 3.05) is 19.5 Å². The van der Waals surface area contributed by atoms with E-state index in [1.54, 1.807) is 18.9 Å². The standard InChI is InChI=1S/C14H17NO3S/c1-16-14-13(18-14)11-9-19-12(15-11)8-17-7-10-5-3-2-4-6-10/h2-6,11,13-14H,7-9H2,1H3. The van der Waals surface area contributed by atoms with Gasteiger partial charge in [0.05, 0.1) is 24.3 Å². The van der Waals surface area contributed by atoms with E-state index in [-0.39, 0.29) is 18.4 Å². The number of ether oxygens (including phenoxy) is 3. The second kappa shape index (κ2) is 6.05. The Bertz CT molecular complexity index is 451. The highest BCUT2D eigenvalue weighted by Gasteiger charge is 2.47. The molecule has 3 atom stereocenters. The minimum absolute atomic E-state index is 0.0565. The molecule has 2 heterocycles. The largest absolute Gasteiger partial charge is 0.370 e. The predicted molar refractivity (Wildman–Crippen MR) is 75.4 cm³/mol. The summed E-state index contributed by atoms with van der Waals surface area (Å²) in [4.78, 5) is 4.63. The Hall–Kier alpha value is -0.880. The molecule has 1 fully saturated rings. The average Bonchev–Trinajstić information content (AvgIpc) is 3.10. The summed E-state index contributed by atoms with van der Waals surface area (Å²) in [5, 5.41) is 1.06. The van der Waals surface area contributed by atoms with E-state index < -0.39 is 0 Å². The molecule has 0 N–H and O–H groups in total. The van der Waals surface area contributed by atoms with Gasteiger partial charge in [-0.2, -0.15) is 0 Å². The lowest BCUT2D eigenvalue weighted by Gasteiger charge is -2.03. The van der Waals surface area contributed by atoms with Crippen LogP contribution in [0.1, 0.15) is 5.56 Å². The topological polar surface area (TPSA) is 43.3 Å². The number of methoxy groups -OCH3 is 1. The van der Waals surface area contributed by atoms with Gasteiger partial charge in [0.25, 0.3) is 0 Å². The van der Waals surface area contributed by atoms with Crippen molar-refractivity contribution in [3.63, 3.8) is 0 Å². The maximum Gasteiger partial charge on any atom is 0.186 e. The van der Waals surface area contributed by atoms with Crippen LogP contribution in [0, 0.1) is 0 Å². The van der Waals surface area contributed by atoms with Gasteiger partial charge < -0.3 is 14.2 Å². The van der Waals surface area contributed by atoms with Gasteiger partial charge >= 0.3 is 0 Å². The summed E-state index contributed by atoms with van der Waals surface area (Å²) < 4.78 is 16.2. The van der Waals surface area contributed by atoms with Crippen LogP contribution in [0.15, 0.2) is 35.3 Å². The molecule has 2 aliphatic heterocycles. The smallest absolute Gasteiger partial charge is 0.186 e. The SMILES string of the molecule is COC1OC1C1CSC(COCc2ccccc2)=N1. The van der Waals surface area contributed by atoms with Gasteiger partial charge in [0.1, 0.15) is 6.10 Å². The van der Waals surface area contributed by atoms with Crippen LogP contribution in [0.3, 0.4) is 0 Å². The van der Waals surface area contributed by atoms with Crippen LogP contribution in [0.4, 0.5) is 0 Å². The third-order valence-corrected chi connectivity index (χ3v) is 4.23. The summed E-state index contributed by atoms with van der Waals surface area (Å²) in [5.74, 6) is 0.967. The molecule has 1 aromatic rings. The zero-order chi connectivity index (χ0) is 13.1. The molecule has 0 saturated carbocycles. The molecule has 2 aliphatic rings. The first-order valence-electron chi connectivity index (χ1n) is 6.36. The van der Waals surface area contributed by atoms with Crippen LogP contribution >= 0.6 is 11.8 Å². The van der Waals surface area contributed by atoms with E-state index >= 15 is 0 Å². The first-order valence-corrected chi connectivity index (χ1v) is 7.35. The molecule has 0 radical (unpaired) electrons. The Kier molecular flexibility index (Phi) is 4.18. The van der Waals surface area contributed by atoms with Crippen LogP contribution in [-0.4, -0.2) is 42.9 Å². The van der Waals surface area contributed by atoms with Crippen LogP contribution in [0.25, 0.3) is 0 Å². The number of aliphatic imine (C=N–C) groups is 1. The van der Waals surface area contributed by atoms with Gasteiger partial charge in [0.2, 0.25) is 0 Å². The average molecular weight is 279 g/mol. The van der Waals surface area contributed by atoms with E-state index in [1.807, 2.05) is 18.2 Å². The lowest BCUT2D eigenvalue weighted by Crippen LogP contribution is -2.15. The summed E-state index contributed by atoms with van der Waals surface area (Å²) >= 11 is 1.76. The van der Waals surface area contributed by atoms with Crippen molar-refractivity contribution in [1.82, 2.24) is 0 Å². The normalized spacial score (nSPS) is 29.3. The van der Waals surface area contributed by atoms with Gasteiger partial charge in [0.15, 0.2) is 6.29 Å². The lowest BCUT2D eigenvalue weighted by molar-refractivity contribution is 0.0950. The molecule has 0 amide bonds. The molecule has 0 aliphatic carbocycles. The highest BCUT2D eigenvalue weighted by molar-refractivity contribution is 8.14. The minimum Gasteiger partial charge on any atom is -0.370 e. The van der Waals surface area contributed by atoms with Crippen molar-refractivity contribution < 1.29 is 14.2 Å². The predicted octanol–water partition coefficient (Wildman–Crippen LogP) is 2.09. The molecule has 0 bridgehead atoms. The summed E-state index contributed by atoms with van der Waals surface area (Å²) in [6, 6.07) is 10.4. The number of benzene rings is 1. The minimum atomic E-state index is -0.0565. The van der Waals surface area contributed by atoms with Gasteiger partial charge in [-0.1, -0.05) is 30.3 Å². The summed E-state index contributed by atoms with van der Waals surface area (Å²) in [6.45, 7) is 1.21. The Morgan fingerprint density at radius 2 is 2.16 bits per heavy atom. The first-order chi connectivity index (χ1) is 9.36. The van der Waals surface area contributed by atoms with Crippen molar-refractivity contribution in [2.24, 2.45) is 4.99 Å². The van der Waals surface area contributed by atoms with Crippen molar-refractivity contribution >= 4 is 16.8 Å². The van der Waals surface area contributed by atoms with E-state index in [0.29, 0.717) is 13.2 Å². The van der Waals surface area contributed by atoms with Crippen molar-refractivity contribution in [2.45, 2.75) is 25.0 Å². The van der Waals surface area contributed by atoms with Gasteiger partial charge in [-0.05, 0) is 5.56 Å². The second-order valence-electron chi connectivity index (χ2n) is 4.58. The molecular formula is C14H17NO3S. The third-order valence-electron chi connectivity index (χ3n) is 3.16. The van der Waals surface area contributed by atoms with Crippen LogP contribution in [0.5, 0.6) is 0 Å². The molecule has 0 aromatic heterocycles. The Labute approximate surface area is 117 Å². The maximum atomic E-state index is 5.68. The van der Waals surface area contributed by atoms with Gasteiger partial charge in [-0.3, -0.25) is 4.99 Å². The van der Waals surface area contributed by atoms with Crippen LogP contribution in [0.2, 0.25) is 0 Å². The fourth-order valence-electron chi connectivity index (χ4n) is 2.09. The fraction of sp³-hybridized carbons (Fsp3) is 0.500. The zero-order valence-corrected chi connectivity index (χ0v) is 11.6. The van der Waals surface area contributed by atoms with E-state index in [4.69, 9.17) is 14.2 Å². The van der Waals surface area contributed by atoms with Crippen molar-refractivity contribution in [3.05, 3.63) is 35.9 Å². The molecule has 102 valence electrons. The van der Waals surface area contributed by atoms with Crippen LogP contribution < -0.4 is 0 Å². The molecule has 3 rings (SSSR count). The summed E-state index contributed by atoms with van der Waals surface area (Å²) in [7, 11) is 1.67. The van der Waals surface area contributed by atoms with Gasteiger partial charge in [-0.25, -0.2) is 0 Å². The van der Waals surface area contributed by atoms with Crippen molar-refractivity contribution in [1.29, 1.82) is 0 Å². The van der Waals surface area contributed by atoms with Crippen LogP contribution in [-0.2, 0) is 20.8 Å². The number of thioether (sulfide) groups is 1. The molecule has 0 spiro atoms. The highest BCUT2D eigenvalue weighted by atomic mass is 32.2. The maximum absolute atomic E-state index is 5.68. The molecular weight excluding hydrogens is 262 g/mol. The van der Waals surface area contributed by atoms with E-state index in [1.165, 1.54) is 5.56 Å². The third kappa shape index (κ3) is 3.36. The fourth-order valence-corrected chi connectivity index (χ4v) is 3.09.